The molecule has 0 saturated carbocycles. The summed E-state index contributed by atoms with van der Waals surface area (Å²) in [5.41, 5.74) is 2.00. The normalized spacial score (nSPS) is 13.0. The van der Waals surface area contributed by atoms with Gasteiger partial charge in [-0.2, -0.15) is 0 Å². The van der Waals surface area contributed by atoms with E-state index in [1.807, 2.05) is 31.2 Å². The maximum Gasteiger partial charge on any atom is 0.0963 e. The van der Waals surface area contributed by atoms with Crippen molar-refractivity contribution in [2.45, 2.75) is 13.0 Å². The Kier molecular flexibility index (Phi) is 2.46. The number of benzene rings is 1. The molecule has 0 bridgehead atoms. The van der Waals surface area contributed by atoms with E-state index in [0.717, 1.165) is 11.2 Å². The molecule has 2 nitrogen and oxygen atoms in total. The highest BCUT2D eigenvalue weighted by atomic mass is 16.5. The second kappa shape index (κ2) is 3.76. The lowest BCUT2D eigenvalue weighted by atomic mass is 10.1. The molecule has 1 unspecified atom stereocenters. The molecule has 72 valence electrons. The minimum atomic E-state index is 0.0552. The van der Waals surface area contributed by atoms with E-state index < -0.39 is 0 Å². The van der Waals surface area contributed by atoms with Crippen molar-refractivity contribution in [1.82, 2.24) is 4.98 Å². The van der Waals surface area contributed by atoms with Gasteiger partial charge in [0.2, 0.25) is 0 Å². The predicted octanol–water partition coefficient (Wildman–Crippen LogP) is 2.94. The standard InChI is InChI=1S/C12H13NO/c1-9(14-2)11-8-7-10-5-3-4-6-12(10)13-11/h3-9H,1-2H3. The van der Waals surface area contributed by atoms with Crippen LogP contribution in [0.15, 0.2) is 36.4 Å². The summed E-state index contributed by atoms with van der Waals surface area (Å²) in [5, 5.41) is 1.17. The van der Waals surface area contributed by atoms with Crippen LogP contribution in [0.5, 0.6) is 0 Å². The van der Waals surface area contributed by atoms with E-state index in [2.05, 4.69) is 17.1 Å². The van der Waals surface area contributed by atoms with Crippen molar-refractivity contribution >= 4 is 10.9 Å². The van der Waals surface area contributed by atoms with E-state index in [0.29, 0.717) is 0 Å². The summed E-state index contributed by atoms with van der Waals surface area (Å²) in [5.74, 6) is 0. The molecule has 1 aromatic carbocycles. The second-order valence-corrected chi connectivity index (χ2v) is 3.31. The van der Waals surface area contributed by atoms with Gasteiger partial charge in [0.05, 0.1) is 17.3 Å². The van der Waals surface area contributed by atoms with Crippen molar-refractivity contribution in [1.29, 1.82) is 0 Å². The molecule has 0 aliphatic rings. The minimum Gasteiger partial charge on any atom is -0.375 e. The Morgan fingerprint density at radius 1 is 1.14 bits per heavy atom. The van der Waals surface area contributed by atoms with Crippen LogP contribution in [0.4, 0.5) is 0 Å². The average molecular weight is 187 g/mol. The van der Waals surface area contributed by atoms with Gasteiger partial charge in [0.15, 0.2) is 0 Å². The van der Waals surface area contributed by atoms with Gasteiger partial charge in [-0.3, -0.25) is 4.98 Å². The molecule has 0 amide bonds. The zero-order valence-electron chi connectivity index (χ0n) is 8.40. The molecule has 2 aromatic rings. The Balaban J connectivity index is 2.51. The SMILES string of the molecule is COC(C)c1ccc2ccccc2n1. The number of fused-ring (bicyclic) bond motifs is 1. The van der Waals surface area contributed by atoms with Gasteiger partial charge >= 0.3 is 0 Å². The third kappa shape index (κ3) is 1.61. The Hall–Kier alpha value is -1.41. The summed E-state index contributed by atoms with van der Waals surface area (Å²) >= 11 is 0. The fourth-order valence-corrected chi connectivity index (χ4v) is 1.43. The highest BCUT2D eigenvalue weighted by molar-refractivity contribution is 5.78. The number of pyridine rings is 1. The maximum atomic E-state index is 5.22. The lowest BCUT2D eigenvalue weighted by molar-refractivity contribution is 0.116. The van der Waals surface area contributed by atoms with Gasteiger partial charge in [-0.15, -0.1) is 0 Å². The van der Waals surface area contributed by atoms with Crippen LogP contribution in [0.25, 0.3) is 10.9 Å². The van der Waals surface area contributed by atoms with Crippen LogP contribution in [-0.2, 0) is 4.74 Å². The van der Waals surface area contributed by atoms with Crippen molar-refractivity contribution < 1.29 is 4.74 Å². The predicted molar refractivity (Wildman–Crippen MR) is 57.2 cm³/mol. The summed E-state index contributed by atoms with van der Waals surface area (Å²) in [6, 6.07) is 12.2. The molecule has 0 saturated heterocycles. The lowest BCUT2D eigenvalue weighted by Crippen LogP contribution is -1.98. The Morgan fingerprint density at radius 3 is 2.71 bits per heavy atom. The highest BCUT2D eigenvalue weighted by Crippen LogP contribution is 2.17. The van der Waals surface area contributed by atoms with E-state index in [1.54, 1.807) is 7.11 Å². The monoisotopic (exact) mass is 187 g/mol. The number of rotatable bonds is 2. The fourth-order valence-electron chi connectivity index (χ4n) is 1.43. The maximum absolute atomic E-state index is 5.22. The van der Waals surface area contributed by atoms with Crippen LogP contribution in [0.2, 0.25) is 0 Å². The lowest BCUT2D eigenvalue weighted by Gasteiger charge is -2.09. The van der Waals surface area contributed by atoms with Crippen molar-refractivity contribution in [2.24, 2.45) is 0 Å². The van der Waals surface area contributed by atoms with E-state index in [9.17, 15) is 0 Å². The second-order valence-electron chi connectivity index (χ2n) is 3.31. The van der Waals surface area contributed by atoms with Gasteiger partial charge in [-0.1, -0.05) is 24.3 Å². The van der Waals surface area contributed by atoms with Crippen LogP contribution in [0, 0.1) is 0 Å². The first-order chi connectivity index (χ1) is 6.81. The van der Waals surface area contributed by atoms with Crippen molar-refractivity contribution in [2.75, 3.05) is 7.11 Å². The number of hydrogen-bond acceptors (Lipinski definition) is 2. The van der Waals surface area contributed by atoms with E-state index in [1.165, 1.54) is 5.39 Å². The van der Waals surface area contributed by atoms with Gasteiger partial charge in [0, 0.05) is 12.5 Å². The van der Waals surface area contributed by atoms with Gasteiger partial charge in [0.25, 0.3) is 0 Å². The van der Waals surface area contributed by atoms with Crippen LogP contribution < -0.4 is 0 Å². The molecule has 14 heavy (non-hydrogen) atoms. The molecule has 1 aromatic heterocycles. The molecule has 2 rings (SSSR count). The summed E-state index contributed by atoms with van der Waals surface area (Å²) in [4.78, 5) is 4.52. The molecule has 0 radical (unpaired) electrons. The first-order valence-electron chi connectivity index (χ1n) is 4.70. The third-order valence-electron chi connectivity index (χ3n) is 2.39. The van der Waals surface area contributed by atoms with E-state index >= 15 is 0 Å². The van der Waals surface area contributed by atoms with Crippen LogP contribution in [0.1, 0.15) is 18.7 Å². The van der Waals surface area contributed by atoms with Crippen molar-refractivity contribution in [3.05, 3.63) is 42.1 Å². The highest BCUT2D eigenvalue weighted by Gasteiger charge is 2.05. The number of ether oxygens (including phenoxy) is 1. The number of nitrogens with zero attached hydrogens (tertiary/aromatic N) is 1. The first kappa shape index (κ1) is 9.16. The Morgan fingerprint density at radius 2 is 1.93 bits per heavy atom. The quantitative estimate of drug-likeness (QED) is 0.721. The molecule has 2 heteroatoms. The molecule has 1 atom stereocenters. The van der Waals surface area contributed by atoms with Crippen LogP contribution in [-0.4, -0.2) is 12.1 Å². The minimum absolute atomic E-state index is 0.0552. The first-order valence-corrected chi connectivity index (χ1v) is 4.70. The molecule has 0 aliphatic heterocycles. The molecule has 0 N–H and O–H groups in total. The third-order valence-corrected chi connectivity index (χ3v) is 2.39. The van der Waals surface area contributed by atoms with Gasteiger partial charge in [-0.05, 0) is 19.1 Å². The largest absolute Gasteiger partial charge is 0.375 e. The van der Waals surface area contributed by atoms with Gasteiger partial charge < -0.3 is 4.74 Å². The number of hydrogen-bond donors (Lipinski definition) is 0. The smallest absolute Gasteiger partial charge is 0.0963 e. The zero-order chi connectivity index (χ0) is 9.97. The molecular formula is C12H13NO. The molecule has 0 fully saturated rings. The Bertz CT molecular complexity index is 439. The number of methoxy groups -OCH3 is 1. The molecule has 0 spiro atoms. The Labute approximate surface area is 83.5 Å². The van der Waals surface area contributed by atoms with Crippen molar-refractivity contribution in [3.63, 3.8) is 0 Å². The summed E-state index contributed by atoms with van der Waals surface area (Å²) < 4.78 is 5.22. The number of para-hydroxylation sites is 1. The number of aromatic nitrogens is 1. The summed E-state index contributed by atoms with van der Waals surface area (Å²) in [6.45, 7) is 2.00. The van der Waals surface area contributed by atoms with E-state index in [4.69, 9.17) is 4.74 Å². The molecule has 1 heterocycles. The van der Waals surface area contributed by atoms with Gasteiger partial charge in [-0.25, -0.2) is 0 Å². The topological polar surface area (TPSA) is 22.1 Å². The molecule has 0 aliphatic carbocycles. The average Bonchev–Trinajstić information content (AvgIpc) is 2.27. The zero-order valence-corrected chi connectivity index (χ0v) is 8.40. The summed E-state index contributed by atoms with van der Waals surface area (Å²) in [7, 11) is 1.70. The van der Waals surface area contributed by atoms with Crippen molar-refractivity contribution in [3.8, 4) is 0 Å². The van der Waals surface area contributed by atoms with Crippen LogP contribution >= 0.6 is 0 Å². The van der Waals surface area contributed by atoms with E-state index in [-0.39, 0.29) is 6.10 Å². The van der Waals surface area contributed by atoms with Gasteiger partial charge in [0.1, 0.15) is 0 Å². The fraction of sp³-hybridized carbons (Fsp3) is 0.250. The van der Waals surface area contributed by atoms with Crippen LogP contribution in [0.3, 0.4) is 0 Å². The summed E-state index contributed by atoms with van der Waals surface area (Å²) in [6.07, 6.45) is 0.0552. The molecular weight excluding hydrogens is 174 g/mol.